The summed E-state index contributed by atoms with van der Waals surface area (Å²) < 4.78 is 13.6. The highest BCUT2D eigenvalue weighted by atomic mass is 79.9. The second kappa shape index (κ2) is 5.08. The zero-order valence-corrected chi connectivity index (χ0v) is 16.0. The summed E-state index contributed by atoms with van der Waals surface area (Å²) in [4.78, 5) is 0. The molecule has 4 nitrogen and oxygen atoms in total. The van der Waals surface area contributed by atoms with Crippen LogP contribution in [0.15, 0.2) is 22.7 Å². The molecule has 6 heteroatoms. The molecule has 1 aromatic rings. The van der Waals surface area contributed by atoms with Crippen LogP contribution in [0.4, 0.5) is 0 Å². The van der Waals surface area contributed by atoms with E-state index in [0.717, 1.165) is 35.4 Å². The highest BCUT2D eigenvalue weighted by Gasteiger charge is 2.65. The van der Waals surface area contributed by atoms with Crippen LogP contribution in [0.3, 0.4) is 0 Å². The maximum Gasteiger partial charge on any atom is 0.169 e. The summed E-state index contributed by atoms with van der Waals surface area (Å²) in [6, 6.07) is 6.31. The number of rotatable bonds is 1. The molecule has 5 atom stereocenters. The van der Waals surface area contributed by atoms with Gasteiger partial charge in [-0.3, -0.25) is 0 Å². The molecule has 0 amide bonds. The summed E-state index contributed by atoms with van der Waals surface area (Å²) in [5.74, 6) is 1.73. The van der Waals surface area contributed by atoms with Crippen LogP contribution in [0.1, 0.15) is 44.6 Å². The summed E-state index contributed by atoms with van der Waals surface area (Å²) in [5, 5.41) is 7.48. The van der Waals surface area contributed by atoms with Gasteiger partial charge in [-0.2, -0.15) is 0 Å². The predicted molar refractivity (Wildman–Crippen MR) is 99.0 cm³/mol. The minimum absolute atomic E-state index is 0.0316. The molecule has 2 spiro atoms. The molecule has 1 aliphatic carbocycles. The Morgan fingerprint density at radius 2 is 2.29 bits per heavy atom. The van der Waals surface area contributed by atoms with Gasteiger partial charge in [0.15, 0.2) is 11.3 Å². The van der Waals surface area contributed by atoms with Crippen molar-refractivity contribution >= 4 is 33.3 Å². The first-order valence-electron chi connectivity index (χ1n) is 8.77. The van der Waals surface area contributed by atoms with E-state index >= 15 is 0 Å². The predicted octanol–water partition coefficient (Wildman–Crippen LogP) is 3.58. The van der Waals surface area contributed by atoms with Gasteiger partial charge in [-0.25, -0.2) is 0 Å². The smallest absolute Gasteiger partial charge is 0.169 e. The van der Waals surface area contributed by atoms with Crippen LogP contribution in [0.2, 0.25) is 0 Å². The Labute approximate surface area is 155 Å². The van der Waals surface area contributed by atoms with E-state index in [0.29, 0.717) is 5.11 Å². The van der Waals surface area contributed by atoms with Crippen molar-refractivity contribution in [2.45, 2.75) is 62.5 Å². The molecular weight excluding hydrogens is 388 g/mol. The fourth-order valence-corrected chi connectivity index (χ4v) is 5.67. The Morgan fingerprint density at radius 1 is 1.42 bits per heavy atom. The Morgan fingerprint density at radius 3 is 3.08 bits per heavy atom. The summed E-state index contributed by atoms with van der Waals surface area (Å²) in [7, 11) is 0. The lowest BCUT2D eigenvalue weighted by atomic mass is 9.72. The average molecular weight is 409 g/mol. The van der Waals surface area contributed by atoms with Crippen LogP contribution in [0.5, 0.6) is 5.75 Å². The summed E-state index contributed by atoms with van der Waals surface area (Å²) in [5.41, 5.74) is 0.782. The molecule has 24 heavy (non-hydrogen) atoms. The van der Waals surface area contributed by atoms with E-state index in [1.165, 1.54) is 18.4 Å². The van der Waals surface area contributed by atoms with Crippen molar-refractivity contribution in [1.29, 1.82) is 0 Å². The lowest BCUT2D eigenvalue weighted by Gasteiger charge is -2.49. The van der Waals surface area contributed by atoms with Crippen molar-refractivity contribution in [3.63, 3.8) is 0 Å². The van der Waals surface area contributed by atoms with Crippen LogP contribution >= 0.6 is 28.1 Å². The molecule has 0 aromatic heterocycles. The monoisotopic (exact) mass is 408 g/mol. The zero-order chi connectivity index (χ0) is 16.5. The molecule has 2 saturated heterocycles. The van der Waals surface area contributed by atoms with Crippen LogP contribution in [0, 0.1) is 5.92 Å². The minimum Gasteiger partial charge on any atom is -0.487 e. The van der Waals surface area contributed by atoms with Crippen LogP contribution in [-0.4, -0.2) is 23.0 Å². The third kappa shape index (κ3) is 2.15. The molecule has 5 unspecified atom stereocenters. The fraction of sp³-hybridized carbons (Fsp3) is 0.611. The van der Waals surface area contributed by atoms with Crippen LogP contribution in [-0.2, 0) is 10.3 Å². The normalized spacial score (nSPS) is 42.1. The largest absolute Gasteiger partial charge is 0.487 e. The standard InChI is InChI=1S/C18H21BrN2O2S/c1-2-10-5-6-17(8-10)9-18(14-15(22-14)20-16(24)21-18)12-7-11(19)3-4-13(12)23-17/h3-4,7,10,14-15H,2,5-6,8-9H2,1H3,(H2,20,21,24). The maximum absolute atomic E-state index is 6.62. The van der Waals surface area contributed by atoms with Crippen molar-refractivity contribution in [2.24, 2.45) is 5.92 Å². The Hall–Kier alpha value is -0.850. The molecule has 3 heterocycles. The zero-order valence-electron chi connectivity index (χ0n) is 13.6. The third-order valence-corrected chi connectivity index (χ3v) is 6.90. The summed E-state index contributed by atoms with van der Waals surface area (Å²) in [6.07, 6.45) is 5.77. The second-order valence-electron chi connectivity index (χ2n) is 7.67. The van der Waals surface area contributed by atoms with Crippen molar-refractivity contribution in [2.75, 3.05) is 0 Å². The topological polar surface area (TPSA) is 45.8 Å². The van der Waals surface area contributed by atoms with Crippen molar-refractivity contribution < 1.29 is 9.47 Å². The van der Waals surface area contributed by atoms with Crippen molar-refractivity contribution in [1.82, 2.24) is 10.6 Å². The Kier molecular flexibility index (Phi) is 3.26. The molecular formula is C18H21BrN2O2S. The first kappa shape index (κ1) is 15.4. The fourth-order valence-electron chi connectivity index (χ4n) is 5.01. The lowest BCUT2D eigenvalue weighted by Crippen LogP contribution is -2.64. The van der Waals surface area contributed by atoms with Gasteiger partial charge < -0.3 is 20.1 Å². The second-order valence-corrected chi connectivity index (χ2v) is 8.99. The van der Waals surface area contributed by atoms with Crippen molar-refractivity contribution in [3.05, 3.63) is 28.2 Å². The molecule has 5 rings (SSSR count). The average Bonchev–Trinajstić information content (AvgIpc) is 3.23. The first-order valence-corrected chi connectivity index (χ1v) is 9.97. The number of hydrogen-bond acceptors (Lipinski definition) is 3. The van der Waals surface area contributed by atoms with Crippen LogP contribution < -0.4 is 15.4 Å². The molecule has 128 valence electrons. The Balaban J connectivity index is 1.63. The third-order valence-electron chi connectivity index (χ3n) is 6.18. The molecule has 2 N–H and O–H groups in total. The Bertz CT molecular complexity index is 729. The molecule has 1 saturated carbocycles. The van der Waals surface area contributed by atoms with E-state index in [1.807, 2.05) is 0 Å². The number of epoxide rings is 1. The van der Waals surface area contributed by atoms with E-state index in [-0.39, 0.29) is 23.5 Å². The molecule has 0 radical (unpaired) electrons. The van der Waals surface area contributed by atoms with Gasteiger partial charge in [0.1, 0.15) is 23.0 Å². The van der Waals surface area contributed by atoms with E-state index in [4.69, 9.17) is 21.7 Å². The number of hydrogen-bond donors (Lipinski definition) is 2. The van der Waals surface area contributed by atoms with Gasteiger partial charge in [-0.1, -0.05) is 29.3 Å². The molecule has 3 fully saturated rings. The maximum atomic E-state index is 6.62. The number of ether oxygens (including phenoxy) is 2. The van der Waals surface area contributed by atoms with Crippen LogP contribution in [0.25, 0.3) is 0 Å². The van der Waals surface area contributed by atoms with Gasteiger partial charge in [-0.15, -0.1) is 0 Å². The quantitative estimate of drug-likeness (QED) is 0.549. The number of benzene rings is 1. The molecule has 4 aliphatic rings. The number of fused-ring (bicyclic) bond motifs is 4. The highest BCUT2D eigenvalue weighted by Crippen LogP contribution is 2.57. The van der Waals surface area contributed by atoms with E-state index in [2.05, 4.69) is 51.7 Å². The van der Waals surface area contributed by atoms with E-state index < -0.39 is 0 Å². The van der Waals surface area contributed by atoms with Gasteiger partial charge in [0.2, 0.25) is 0 Å². The van der Waals surface area contributed by atoms with E-state index in [9.17, 15) is 0 Å². The number of halogens is 1. The molecule has 1 aromatic carbocycles. The first-order chi connectivity index (χ1) is 11.5. The van der Waals surface area contributed by atoms with E-state index in [1.54, 1.807) is 0 Å². The highest BCUT2D eigenvalue weighted by molar-refractivity contribution is 9.10. The minimum atomic E-state index is -0.285. The van der Waals surface area contributed by atoms with Gasteiger partial charge in [0.05, 0.1) is 0 Å². The number of nitrogens with one attached hydrogen (secondary N) is 2. The van der Waals surface area contributed by atoms with Gasteiger partial charge in [-0.05, 0) is 55.6 Å². The lowest BCUT2D eigenvalue weighted by molar-refractivity contribution is 0.000502. The van der Waals surface area contributed by atoms with Gasteiger partial charge in [0, 0.05) is 16.5 Å². The molecule has 0 bridgehead atoms. The molecule has 3 aliphatic heterocycles. The summed E-state index contributed by atoms with van der Waals surface area (Å²) >= 11 is 9.09. The van der Waals surface area contributed by atoms with Crippen molar-refractivity contribution in [3.8, 4) is 5.75 Å². The number of thiocarbonyl (C=S) groups is 1. The SMILES string of the molecule is CCC1CCC2(C1)CC1(NC(=S)NC3OC31)c1cc(Br)ccc1O2. The van der Waals surface area contributed by atoms with Gasteiger partial charge in [0.25, 0.3) is 0 Å². The summed E-state index contributed by atoms with van der Waals surface area (Å²) in [6.45, 7) is 2.28. The van der Waals surface area contributed by atoms with Gasteiger partial charge >= 0.3 is 0 Å².